The molecule has 8 heteroatoms. The van der Waals surface area contributed by atoms with Gasteiger partial charge in [0.2, 0.25) is 5.91 Å². The van der Waals surface area contributed by atoms with Crippen molar-refractivity contribution in [1.82, 2.24) is 10.2 Å². The second-order valence-corrected chi connectivity index (χ2v) is 6.85. The van der Waals surface area contributed by atoms with E-state index in [1.54, 1.807) is 36.4 Å². The molecule has 142 valence electrons. The average molecular weight is 394 g/mol. The highest BCUT2D eigenvalue weighted by atomic mass is 35.5. The molecule has 1 fully saturated rings. The quantitative estimate of drug-likeness (QED) is 0.814. The molecule has 0 atom stereocenters. The van der Waals surface area contributed by atoms with Crippen LogP contribution in [0.3, 0.4) is 0 Å². The predicted molar refractivity (Wildman–Crippen MR) is 99.0 cm³/mol. The maximum Gasteiger partial charge on any atom is 0.319 e. The Morgan fingerprint density at radius 3 is 2.19 bits per heavy atom. The first-order chi connectivity index (χ1) is 12.8. The first kappa shape index (κ1) is 19.1. The second kappa shape index (κ2) is 7.92. The summed E-state index contributed by atoms with van der Waals surface area (Å²) in [6.45, 7) is -0.672. The number of halogens is 3. The number of alkyl halides is 2. The predicted octanol–water partition coefficient (Wildman–Crippen LogP) is 3.68. The third kappa shape index (κ3) is 5.40. The van der Waals surface area contributed by atoms with Crippen LogP contribution >= 0.6 is 11.6 Å². The van der Waals surface area contributed by atoms with Crippen molar-refractivity contribution in [1.29, 1.82) is 0 Å². The van der Waals surface area contributed by atoms with Crippen molar-refractivity contribution in [3.63, 3.8) is 0 Å². The van der Waals surface area contributed by atoms with Crippen LogP contribution in [-0.2, 0) is 17.8 Å². The monoisotopic (exact) mass is 393 g/mol. The summed E-state index contributed by atoms with van der Waals surface area (Å²) in [5.74, 6) is -3.09. The fourth-order valence-electron chi connectivity index (χ4n) is 2.64. The first-order valence-electron chi connectivity index (χ1n) is 8.35. The molecule has 0 bridgehead atoms. The van der Waals surface area contributed by atoms with Gasteiger partial charge in [-0.2, -0.15) is 0 Å². The number of anilines is 1. The van der Waals surface area contributed by atoms with Crippen molar-refractivity contribution < 1.29 is 18.4 Å². The highest BCUT2D eigenvalue weighted by Gasteiger charge is 2.45. The van der Waals surface area contributed by atoms with Crippen LogP contribution in [0.5, 0.6) is 0 Å². The van der Waals surface area contributed by atoms with Crippen LogP contribution in [0.25, 0.3) is 0 Å². The molecular weight excluding hydrogens is 376 g/mol. The highest BCUT2D eigenvalue weighted by Crippen LogP contribution is 2.27. The Hall–Kier alpha value is -2.67. The molecular formula is C19H18ClF2N3O2. The fourth-order valence-corrected chi connectivity index (χ4v) is 2.77. The van der Waals surface area contributed by atoms with Crippen molar-refractivity contribution in [2.75, 3.05) is 18.4 Å². The minimum atomic E-state index is -2.76. The number of carbonyl (C=O) groups is 2. The fraction of sp³-hybridized carbons (Fsp3) is 0.263. The van der Waals surface area contributed by atoms with Crippen LogP contribution in [0, 0.1) is 0 Å². The van der Waals surface area contributed by atoms with Crippen LogP contribution < -0.4 is 10.6 Å². The van der Waals surface area contributed by atoms with E-state index < -0.39 is 19.0 Å². The third-order valence-corrected chi connectivity index (χ3v) is 4.38. The van der Waals surface area contributed by atoms with Gasteiger partial charge < -0.3 is 15.5 Å². The van der Waals surface area contributed by atoms with Crippen LogP contribution in [0.4, 0.5) is 19.3 Å². The zero-order chi connectivity index (χ0) is 19.4. The van der Waals surface area contributed by atoms with E-state index in [2.05, 4.69) is 10.6 Å². The third-order valence-electron chi connectivity index (χ3n) is 4.13. The lowest BCUT2D eigenvalue weighted by atomic mass is 10.1. The summed E-state index contributed by atoms with van der Waals surface area (Å²) in [4.78, 5) is 25.0. The standard InChI is InChI=1S/C19H18ClF2N3O2/c20-15-5-1-14(2-6-15)10-23-18(27)24-16-7-3-13(4-8-16)9-17(26)25-11-19(21,22)12-25/h1-8H,9-12H2,(H2,23,24,27). The van der Waals surface area contributed by atoms with Gasteiger partial charge in [-0.05, 0) is 35.4 Å². The Morgan fingerprint density at radius 1 is 1.00 bits per heavy atom. The highest BCUT2D eigenvalue weighted by molar-refractivity contribution is 6.30. The van der Waals surface area contributed by atoms with Gasteiger partial charge in [-0.15, -0.1) is 0 Å². The number of carbonyl (C=O) groups excluding carboxylic acids is 2. The maximum absolute atomic E-state index is 12.8. The van der Waals surface area contributed by atoms with Crippen LogP contribution in [0.2, 0.25) is 5.02 Å². The molecule has 2 N–H and O–H groups in total. The van der Waals surface area contributed by atoms with Crippen molar-refractivity contribution in [2.45, 2.75) is 18.9 Å². The smallest absolute Gasteiger partial charge is 0.319 e. The summed E-state index contributed by atoms with van der Waals surface area (Å²) in [5.41, 5.74) is 2.18. The minimum Gasteiger partial charge on any atom is -0.334 e. The van der Waals surface area contributed by atoms with E-state index in [1.807, 2.05) is 12.1 Å². The second-order valence-electron chi connectivity index (χ2n) is 6.41. The number of hydrogen-bond acceptors (Lipinski definition) is 2. The van der Waals surface area contributed by atoms with Crippen molar-refractivity contribution >= 4 is 29.2 Å². The molecule has 5 nitrogen and oxygen atoms in total. The number of benzene rings is 2. The van der Waals surface area contributed by atoms with E-state index in [-0.39, 0.29) is 18.4 Å². The van der Waals surface area contributed by atoms with Gasteiger partial charge in [0.1, 0.15) is 0 Å². The Morgan fingerprint density at radius 2 is 1.59 bits per heavy atom. The Labute approximate surface area is 160 Å². The van der Waals surface area contributed by atoms with E-state index in [0.717, 1.165) is 10.5 Å². The van der Waals surface area contributed by atoms with E-state index in [9.17, 15) is 18.4 Å². The van der Waals surface area contributed by atoms with Crippen molar-refractivity contribution in [2.24, 2.45) is 0 Å². The number of hydrogen-bond donors (Lipinski definition) is 2. The molecule has 1 heterocycles. The van der Waals surface area contributed by atoms with Gasteiger partial charge in [0.05, 0.1) is 19.5 Å². The van der Waals surface area contributed by atoms with E-state index in [1.165, 1.54) is 0 Å². The molecule has 3 amide bonds. The number of amides is 3. The molecule has 0 radical (unpaired) electrons. The first-order valence-corrected chi connectivity index (χ1v) is 8.72. The van der Waals surface area contributed by atoms with Gasteiger partial charge in [-0.25, -0.2) is 13.6 Å². The van der Waals surface area contributed by atoms with Crippen LogP contribution in [-0.4, -0.2) is 35.9 Å². The summed E-state index contributed by atoms with van der Waals surface area (Å²) < 4.78 is 25.6. The number of likely N-dealkylation sites (tertiary alicyclic amines) is 1. The van der Waals surface area contributed by atoms with Gasteiger partial charge in [-0.1, -0.05) is 35.9 Å². The Kier molecular flexibility index (Phi) is 5.60. The molecule has 2 aromatic carbocycles. The minimum absolute atomic E-state index is 0.0547. The number of nitrogens with zero attached hydrogens (tertiary/aromatic N) is 1. The van der Waals surface area contributed by atoms with E-state index in [4.69, 9.17) is 11.6 Å². The summed E-state index contributed by atoms with van der Waals surface area (Å²) in [5, 5.41) is 6.05. The zero-order valence-electron chi connectivity index (χ0n) is 14.3. The molecule has 0 spiro atoms. The SMILES string of the molecule is O=C(NCc1ccc(Cl)cc1)Nc1ccc(CC(=O)N2CC(F)(F)C2)cc1. The molecule has 0 aromatic heterocycles. The summed E-state index contributed by atoms with van der Waals surface area (Å²) in [7, 11) is 0. The topological polar surface area (TPSA) is 61.4 Å². The van der Waals surface area contributed by atoms with Crippen molar-refractivity contribution in [3.05, 3.63) is 64.7 Å². The van der Waals surface area contributed by atoms with Crippen LogP contribution in [0.1, 0.15) is 11.1 Å². The van der Waals surface area contributed by atoms with Gasteiger partial charge in [0.25, 0.3) is 5.92 Å². The van der Waals surface area contributed by atoms with Gasteiger partial charge in [0.15, 0.2) is 0 Å². The number of rotatable bonds is 5. The number of urea groups is 1. The van der Waals surface area contributed by atoms with Crippen LogP contribution in [0.15, 0.2) is 48.5 Å². The van der Waals surface area contributed by atoms with E-state index in [0.29, 0.717) is 22.8 Å². The van der Waals surface area contributed by atoms with E-state index >= 15 is 0 Å². The lowest BCUT2D eigenvalue weighted by Crippen LogP contribution is -2.58. The Balaban J connectivity index is 1.45. The normalized spacial score (nSPS) is 15.0. The molecule has 2 aromatic rings. The van der Waals surface area contributed by atoms with Crippen molar-refractivity contribution in [3.8, 4) is 0 Å². The average Bonchev–Trinajstić information content (AvgIpc) is 2.61. The molecule has 1 aliphatic heterocycles. The maximum atomic E-state index is 12.8. The molecule has 0 saturated carbocycles. The summed E-state index contributed by atoms with van der Waals surface area (Å²) in [6, 6.07) is 13.5. The molecule has 27 heavy (non-hydrogen) atoms. The van der Waals surface area contributed by atoms with Gasteiger partial charge in [-0.3, -0.25) is 4.79 Å². The lowest BCUT2D eigenvalue weighted by molar-refractivity contribution is -0.165. The van der Waals surface area contributed by atoms with Gasteiger partial charge in [0, 0.05) is 17.3 Å². The largest absolute Gasteiger partial charge is 0.334 e. The lowest BCUT2D eigenvalue weighted by Gasteiger charge is -2.38. The number of nitrogens with one attached hydrogen (secondary N) is 2. The summed E-state index contributed by atoms with van der Waals surface area (Å²) >= 11 is 5.81. The molecule has 0 unspecified atom stereocenters. The Bertz CT molecular complexity index is 818. The molecule has 3 rings (SSSR count). The molecule has 1 saturated heterocycles. The molecule has 0 aliphatic carbocycles. The zero-order valence-corrected chi connectivity index (χ0v) is 15.1. The molecule has 1 aliphatic rings. The summed E-state index contributed by atoms with van der Waals surface area (Å²) in [6.07, 6.45) is 0.0547. The van der Waals surface area contributed by atoms with Gasteiger partial charge >= 0.3 is 6.03 Å².